The molecule has 0 amide bonds. The monoisotopic (exact) mass is 164 g/mol. The van der Waals surface area contributed by atoms with Gasteiger partial charge in [0.1, 0.15) is 0 Å². The summed E-state index contributed by atoms with van der Waals surface area (Å²) >= 11 is 4.50. The van der Waals surface area contributed by atoms with Crippen LogP contribution in [-0.2, 0) is 0 Å². The molecule has 11 heavy (non-hydrogen) atoms. The third-order valence-corrected chi connectivity index (χ3v) is 1.54. The maximum Gasteiger partial charge on any atom is 0.0825 e. The molecule has 0 spiro atoms. The second kappa shape index (κ2) is 3.96. The molecule has 0 aliphatic heterocycles. The quantitative estimate of drug-likeness (QED) is 0.494. The van der Waals surface area contributed by atoms with Crippen molar-refractivity contribution in [2.75, 3.05) is 0 Å². The summed E-state index contributed by atoms with van der Waals surface area (Å²) in [6.45, 7) is 1.97. The number of nitrogens with zero attached hydrogens (tertiary/aromatic N) is 2. The molecule has 0 N–H and O–H groups in total. The first-order valence-corrected chi connectivity index (χ1v) is 3.72. The van der Waals surface area contributed by atoms with Crippen molar-refractivity contribution in [3.05, 3.63) is 30.1 Å². The van der Waals surface area contributed by atoms with Gasteiger partial charge in [0.25, 0.3) is 0 Å². The molecule has 1 heterocycles. The molecule has 1 atom stereocenters. The Bertz CT molecular complexity index is 265. The first-order chi connectivity index (χ1) is 5.34. The van der Waals surface area contributed by atoms with Gasteiger partial charge in [-0.05, 0) is 36.8 Å². The van der Waals surface area contributed by atoms with Gasteiger partial charge >= 0.3 is 0 Å². The first kappa shape index (κ1) is 8.05. The van der Waals surface area contributed by atoms with E-state index in [0.717, 1.165) is 5.56 Å². The summed E-state index contributed by atoms with van der Waals surface area (Å²) in [5.74, 6) is 0. The molecule has 0 unspecified atom stereocenters. The van der Waals surface area contributed by atoms with Crippen LogP contribution in [0, 0.1) is 0 Å². The number of aromatic nitrogens is 1. The average molecular weight is 164 g/mol. The van der Waals surface area contributed by atoms with Gasteiger partial charge in [-0.2, -0.15) is 0 Å². The summed E-state index contributed by atoms with van der Waals surface area (Å²) in [7, 11) is 0. The van der Waals surface area contributed by atoms with Crippen LogP contribution in [0.2, 0.25) is 0 Å². The standard InChI is InChI=1S/C8H8N2S/c1-7(10-6-11)8-2-4-9-5-3-8/h2-5,7H,1H3/t7-/m1/s1. The molecule has 0 radical (unpaired) electrons. The Labute approximate surface area is 71.0 Å². The summed E-state index contributed by atoms with van der Waals surface area (Å²) in [6, 6.07) is 3.93. The number of thiocarbonyl (C=S) groups is 1. The van der Waals surface area contributed by atoms with Gasteiger partial charge in [0, 0.05) is 12.4 Å². The van der Waals surface area contributed by atoms with Crippen molar-refractivity contribution in [1.29, 1.82) is 0 Å². The van der Waals surface area contributed by atoms with Crippen LogP contribution in [0.5, 0.6) is 0 Å². The molecule has 56 valence electrons. The highest BCUT2D eigenvalue weighted by atomic mass is 32.1. The normalized spacial score (nSPS) is 11.7. The highest BCUT2D eigenvalue weighted by molar-refractivity contribution is 7.78. The maximum absolute atomic E-state index is 4.50. The summed E-state index contributed by atoms with van der Waals surface area (Å²) in [5, 5.41) is 2.35. The molecule has 0 aliphatic rings. The van der Waals surface area contributed by atoms with Crippen LogP contribution in [0.25, 0.3) is 0 Å². The molecule has 2 nitrogen and oxygen atoms in total. The maximum atomic E-state index is 4.50. The minimum Gasteiger partial charge on any atom is -0.265 e. The number of rotatable bonds is 2. The van der Waals surface area contributed by atoms with E-state index >= 15 is 0 Å². The molecular formula is C8H8N2S. The van der Waals surface area contributed by atoms with Crippen LogP contribution in [0.3, 0.4) is 0 Å². The van der Waals surface area contributed by atoms with Crippen LogP contribution in [0.15, 0.2) is 29.5 Å². The van der Waals surface area contributed by atoms with Gasteiger partial charge in [-0.1, -0.05) is 0 Å². The molecular weight excluding hydrogens is 156 g/mol. The lowest BCUT2D eigenvalue weighted by Gasteiger charge is -2.01. The Hall–Kier alpha value is -1.05. The SMILES string of the molecule is C[C@@H](N=C=S)c1ccncc1. The van der Waals surface area contributed by atoms with Crippen LogP contribution < -0.4 is 0 Å². The van der Waals surface area contributed by atoms with Gasteiger partial charge in [-0.15, -0.1) is 0 Å². The van der Waals surface area contributed by atoms with E-state index in [1.807, 2.05) is 19.1 Å². The largest absolute Gasteiger partial charge is 0.265 e. The fourth-order valence-electron chi connectivity index (χ4n) is 0.796. The summed E-state index contributed by atoms with van der Waals surface area (Å²) in [4.78, 5) is 7.83. The topological polar surface area (TPSA) is 25.2 Å². The van der Waals surface area contributed by atoms with Crippen LogP contribution >= 0.6 is 12.2 Å². The Kier molecular flexibility index (Phi) is 2.90. The molecule has 0 aliphatic carbocycles. The summed E-state index contributed by atoms with van der Waals surface area (Å²) in [5.41, 5.74) is 1.11. The minimum atomic E-state index is 0.0931. The molecule has 0 fully saturated rings. The molecule has 0 saturated carbocycles. The minimum absolute atomic E-state index is 0.0931. The number of isothiocyanates is 1. The van der Waals surface area contributed by atoms with E-state index in [1.54, 1.807) is 12.4 Å². The molecule has 3 heteroatoms. The number of aliphatic imine (C=N–C) groups is 1. The van der Waals surface area contributed by atoms with Crippen molar-refractivity contribution in [3.8, 4) is 0 Å². The van der Waals surface area contributed by atoms with Crippen molar-refractivity contribution >= 4 is 17.4 Å². The average Bonchev–Trinajstić information content (AvgIpc) is 2.07. The van der Waals surface area contributed by atoms with E-state index < -0.39 is 0 Å². The van der Waals surface area contributed by atoms with E-state index in [4.69, 9.17) is 0 Å². The Morgan fingerprint density at radius 2 is 2.18 bits per heavy atom. The second-order valence-corrected chi connectivity index (χ2v) is 2.36. The lowest BCUT2D eigenvalue weighted by atomic mass is 10.1. The lowest BCUT2D eigenvalue weighted by Crippen LogP contribution is -1.87. The zero-order chi connectivity index (χ0) is 8.10. The lowest BCUT2D eigenvalue weighted by molar-refractivity contribution is 0.825. The van der Waals surface area contributed by atoms with Crippen molar-refractivity contribution in [1.82, 2.24) is 4.98 Å². The fourth-order valence-corrected chi connectivity index (χ4v) is 0.954. The van der Waals surface area contributed by atoms with E-state index in [2.05, 4.69) is 27.4 Å². The summed E-state index contributed by atoms with van der Waals surface area (Å²) < 4.78 is 0. The third kappa shape index (κ3) is 2.22. The fraction of sp³-hybridized carbons (Fsp3) is 0.250. The third-order valence-electron chi connectivity index (χ3n) is 1.43. The molecule has 0 bridgehead atoms. The summed E-state index contributed by atoms with van der Waals surface area (Å²) in [6.07, 6.45) is 3.48. The predicted octanol–water partition coefficient (Wildman–Crippen LogP) is 2.25. The van der Waals surface area contributed by atoms with Crippen molar-refractivity contribution in [2.24, 2.45) is 4.99 Å². The van der Waals surface area contributed by atoms with E-state index in [9.17, 15) is 0 Å². The van der Waals surface area contributed by atoms with Crippen molar-refractivity contribution in [3.63, 3.8) is 0 Å². The van der Waals surface area contributed by atoms with Gasteiger partial charge < -0.3 is 0 Å². The highest BCUT2D eigenvalue weighted by Gasteiger charge is 1.99. The molecule has 1 rings (SSSR count). The number of pyridine rings is 1. The highest BCUT2D eigenvalue weighted by Crippen LogP contribution is 2.13. The van der Waals surface area contributed by atoms with Gasteiger partial charge in [-0.3, -0.25) is 4.98 Å². The zero-order valence-corrected chi connectivity index (χ0v) is 7.01. The Balaban J connectivity index is 2.84. The van der Waals surface area contributed by atoms with E-state index in [0.29, 0.717) is 0 Å². The molecule has 0 saturated heterocycles. The Morgan fingerprint density at radius 1 is 1.55 bits per heavy atom. The van der Waals surface area contributed by atoms with E-state index in [1.165, 1.54) is 0 Å². The molecule has 1 aromatic heterocycles. The van der Waals surface area contributed by atoms with Gasteiger partial charge in [-0.25, -0.2) is 4.99 Å². The first-order valence-electron chi connectivity index (χ1n) is 3.31. The zero-order valence-electron chi connectivity index (χ0n) is 6.19. The second-order valence-electron chi connectivity index (χ2n) is 2.18. The van der Waals surface area contributed by atoms with Crippen molar-refractivity contribution < 1.29 is 0 Å². The van der Waals surface area contributed by atoms with Crippen LogP contribution in [0.4, 0.5) is 0 Å². The van der Waals surface area contributed by atoms with Crippen LogP contribution in [-0.4, -0.2) is 10.1 Å². The van der Waals surface area contributed by atoms with Crippen molar-refractivity contribution in [2.45, 2.75) is 13.0 Å². The number of hydrogen-bond donors (Lipinski definition) is 0. The molecule has 1 aromatic rings. The van der Waals surface area contributed by atoms with Gasteiger partial charge in [0.2, 0.25) is 0 Å². The number of hydrogen-bond acceptors (Lipinski definition) is 3. The smallest absolute Gasteiger partial charge is 0.0825 e. The van der Waals surface area contributed by atoms with E-state index in [-0.39, 0.29) is 6.04 Å². The van der Waals surface area contributed by atoms with Crippen LogP contribution in [0.1, 0.15) is 18.5 Å². The predicted molar refractivity (Wildman–Crippen MR) is 47.7 cm³/mol. The van der Waals surface area contributed by atoms with Gasteiger partial charge in [0.05, 0.1) is 11.2 Å². The van der Waals surface area contributed by atoms with Gasteiger partial charge in [0.15, 0.2) is 0 Å². The Morgan fingerprint density at radius 3 is 2.73 bits per heavy atom. The molecule has 0 aromatic carbocycles.